The fraction of sp³-hybridized carbons (Fsp3) is 0.826. The molecule has 0 heterocycles. The first-order valence-electron chi connectivity index (χ1n) is 11.1. The Morgan fingerprint density at radius 3 is 1.59 bits per heavy atom. The van der Waals surface area contributed by atoms with Gasteiger partial charge in [-0.05, 0) is 18.9 Å². The summed E-state index contributed by atoms with van der Waals surface area (Å²) in [5.74, 6) is -0.782. The molecule has 0 radical (unpaired) electrons. The van der Waals surface area contributed by atoms with Gasteiger partial charge >= 0.3 is 11.9 Å². The van der Waals surface area contributed by atoms with Gasteiger partial charge in [0.1, 0.15) is 0 Å². The van der Waals surface area contributed by atoms with Crippen LogP contribution in [0.25, 0.3) is 0 Å². The molecule has 158 valence electrons. The van der Waals surface area contributed by atoms with Crippen LogP contribution < -0.4 is 0 Å². The summed E-state index contributed by atoms with van der Waals surface area (Å²) >= 11 is 0. The molecule has 4 heteroatoms. The first-order valence-corrected chi connectivity index (χ1v) is 11.1. The van der Waals surface area contributed by atoms with Crippen LogP contribution in [0.1, 0.15) is 116 Å². The monoisotopic (exact) mass is 382 g/mol. The van der Waals surface area contributed by atoms with Crippen LogP contribution in [0, 0.1) is 0 Å². The van der Waals surface area contributed by atoms with Crippen LogP contribution in [0.2, 0.25) is 0 Å². The third-order valence-corrected chi connectivity index (χ3v) is 4.78. The molecule has 0 saturated carbocycles. The number of rotatable bonds is 19. The van der Waals surface area contributed by atoms with E-state index >= 15 is 0 Å². The minimum Gasteiger partial charge on any atom is -0.469 e. The lowest BCUT2D eigenvalue weighted by Gasteiger charge is -2.03. The van der Waals surface area contributed by atoms with E-state index < -0.39 is 11.9 Å². The molecule has 0 aromatic rings. The van der Waals surface area contributed by atoms with Crippen LogP contribution in [0.5, 0.6) is 0 Å². The van der Waals surface area contributed by atoms with E-state index in [-0.39, 0.29) is 12.8 Å². The van der Waals surface area contributed by atoms with Crippen LogP contribution in [0.3, 0.4) is 0 Å². The van der Waals surface area contributed by atoms with E-state index in [0.29, 0.717) is 0 Å². The first-order chi connectivity index (χ1) is 13.2. The number of carbonyl (C=O) groups is 2. The molecule has 0 aromatic heterocycles. The van der Waals surface area contributed by atoms with E-state index in [1.807, 2.05) is 6.08 Å². The van der Waals surface area contributed by atoms with Crippen molar-refractivity contribution in [2.24, 2.45) is 0 Å². The minimum atomic E-state index is -0.391. The Bertz CT molecular complexity index is 377. The third kappa shape index (κ3) is 20.8. The Morgan fingerprint density at radius 2 is 1.11 bits per heavy atom. The average Bonchev–Trinajstić information content (AvgIpc) is 2.68. The summed E-state index contributed by atoms with van der Waals surface area (Å²) in [6.45, 7) is 2.27. The van der Waals surface area contributed by atoms with Crippen molar-refractivity contribution in [1.82, 2.24) is 0 Å². The number of methoxy groups -OCH3 is 1. The van der Waals surface area contributed by atoms with Crippen LogP contribution in [-0.2, 0) is 19.1 Å². The number of carbonyl (C=O) groups excluding carboxylic acids is 2. The quantitative estimate of drug-likeness (QED) is 0.139. The van der Waals surface area contributed by atoms with Gasteiger partial charge in [-0.15, -0.1) is 0 Å². The van der Waals surface area contributed by atoms with Crippen molar-refractivity contribution in [3.63, 3.8) is 0 Å². The molecule has 0 N–H and O–H groups in total. The molecular formula is C23H42O4. The topological polar surface area (TPSA) is 52.6 Å². The summed E-state index contributed by atoms with van der Waals surface area (Å²) in [5, 5.41) is 0. The second kappa shape index (κ2) is 21.0. The normalized spacial score (nSPS) is 11.0. The summed E-state index contributed by atoms with van der Waals surface area (Å²) < 4.78 is 9.40. The predicted octanol–water partition coefficient (Wildman–Crippen LogP) is 6.87. The molecule has 0 saturated heterocycles. The highest BCUT2D eigenvalue weighted by molar-refractivity contribution is 5.77. The maximum Gasteiger partial charge on any atom is 0.311 e. The molecule has 0 rings (SSSR count). The average molecular weight is 383 g/mol. The van der Waals surface area contributed by atoms with Gasteiger partial charge in [-0.2, -0.15) is 0 Å². The molecule has 0 spiro atoms. The molecule has 0 bridgehead atoms. The Labute approximate surface area is 167 Å². The van der Waals surface area contributed by atoms with Crippen molar-refractivity contribution in [2.45, 2.75) is 116 Å². The zero-order chi connectivity index (χ0) is 20.0. The third-order valence-electron chi connectivity index (χ3n) is 4.78. The van der Waals surface area contributed by atoms with Gasteiger partial charge < -0.3 is 9.47 Å². The fourth-order valence-electron chi connectivity index (χ4n) is 3.01. The number of ether oxygens (including phenoxy) is 2. The summed E-state index contributed by atoms with van der Waals surface area (Å²) in [5.41, 5.74) is 0. The predicted molar refractivity (Wildman–Crippen MR) is 111 cm³/mol. The van der Waals surface area contributed by atoms with Crippen molar-refractivity contribution in [1.29, 1.82) is 0 Å². The SMILES string of the molecule is CCCCCCCCCCCCCCCCC=COC(=O)CCC(=O)OC. The van der Waals surface area contributed by atoms with Gasteiger partial charge in [-0.3, -0.25) is 9.59 Å². The molecule has 0 amide bonds. The summed E-state index contributed by atoms with van der Waals surface area (Å²) in [6.07, 6.45) is 23.4. The lowest BCUT2D eigenvalue weighted by atomic mass is 10.0. The standard InChI is InChI=1S/C23H42O4/c1-3-4-5-6-7-8-9-10-11-12-13-14-15-16-17-18-21-27-23(25)20-19-22(24)26-2/h18,21H,3-17,19-20H2,1-2H3. The van der Waals surface area contributed by atoms with Crippen molar-refractivity contribution < 1.29 is 19.1 Å². The van der Waals surface area contributed by atoms with E-state index in [4.69, 9.17) is 4.74 Å². The van der Waals surface area contributed by atoms with Gasteiger partial charge in [0.15, 0.2) is 0 Å². The lowest BCUT2D eigenvalue weighted by Crippen LogP contribution is -2.06. The van der Waals surface area contributed by atoms with E-state index in [1.54, 1.807) is 0 Å². The van der Waals surface area contributed by atoms with E-state index in [9.17, 15) is 9.59 Å². The smallest absolute Gasteiger partial charge is 0.311 e. The maximum atomic E-state index is 11.3. The lowest BCUT2D eigenvalue weighted by molar-refractivity contribution is -0.145. The molecule has 0 aliphatic rings. The maximum absolute atomic E-state index is 11.3. The summed E-state index contributed by atoms with van der Waals surface area (Å²) in [7, 11) is 1.31. The Morgan fingerprint density at radius 1 is 0.667 bits per heavy atom. The molecule has 0 aromatic carbocycles. The van der Waals surface area contributed by atoms with E-state index in [0.717, 1.165) is 12.8 Å². The number of hydrogen-bond acceptors (Lipinski definition) is 4. The van der Waals surface area contributed by atoms with Gasteiger partial charge in [0.25, 0.3) is 0 Å². The molecule has 0 aliphatic carbocycles. The summed E-state index contributed by atoms with van der Waals surface area (Å²) in [6, 6.07) is 0. The molecule has 27 heavy (non-hydrogen) atoms. The highest BCUT2D eigenvalue weighted by atomic mass is 16.5. The Kier molecular flexibility index (Phi) is 20.0. The van der Waals surface area contributed by atoms with Crippen molar-refractivity contribution >= 4 is 11.9 Å². The van der Waals surface area contributed by atoms with Crippen LogP contribution in [0.15, 0.2) is 12.3 Å². The summed E-state index contributed by atoms with van der Waals surface area (Å²) in [4.78, 5) is 22.2. The molecule has 4 nitrogen and oxygen atoms in total. The number of unbranched alkanes of at least 4 members (excludes halogenated alkanes) is 14. The highest BCUT2D eigenvalue weighted by Gasteiger charge is 2.06. The number of allylic oxidation sites excluding steroid dienone is 1. The molecule has 0 unspecified atom stereocenters. The number of esters is 2. The first kappa shape index (κ1) is 25.7. The second-order valence-corrected chi connectivity index (χ2v) is 7.32. The highest BCUT2D eigenvalue weighted by Crippen LogP contribution is 2.13. The van der Waals surface area contributed by atoms with Crippen LogP contribution >= 0.6 is 0 Å². The zero-order valence-corrected chi connectivity index (χ0v) is 17.8. The van der Waals surface area contributed by atoms with Gasteiger partial charge in [0.2, 0.25) is 0 Å². The van der Waals surface area contributed by atoms with Crippen molar-refractivity contribution in [3.8, 4) is 0 Å². The van der Waals surface area contributed by atoms with Crippen LogP contribution in [-0.4, -0.2) is 19.0 Å². The Balaban J connectivity index is 3.22. The fourth-order valence-corrected chi connectivity index (χ4v) is 3.01. The molecular weight excluding hydrogens is 340 g/mol. The zero-order valence-electron chi connectivity index (χ0n) is 17.8. The van der Waals surface area contributed by atoms with Gasteiger partial charge in [-0.1, -0.05) is 90.4 Å². The molecule has 0 aliphatic heterocycles. The van der Waals surface area contributed by atoms with Gasteiger partial charge in [0.05, 0.1) is 26.2 Å². The van der Waals surface area contributed by atoms with Gasteiger partial charge in [-0.25, -0.2) is 0 Å². The molecule has 0 atom stereocenters. The minimum absolute atomic E-state index is 0.0653. The van der Waals surface area contributed by atoms with Crippen molar-refractivity contribution in [3.05, 3.63) is 12.3 Å². The second-order valence-electron chi connectivity index (χ2n) is 7.32. The Hall–Kier alpha value is -1.32. The van der Waals surface area contributed by atoms with E-state index in [1.165, 1.54) is 96.8 Å². The van der Waals surface area contributed by atoms with Crippen molar-refractivity contribution in [2.75, 3.05) is 7.11 Å². The van der Waals surface area contributed by atoms with E-state index in [2.05, 4.69) is 11.7 Å². The molecule has 0 fully saturated rings. The van der Waals surface area contributed by atoms with Gasteiger partial charge in [0, 0.05) is 0 Å². The van der Waals surface area contributed by atoms with Crippen LogP contribution in [0.4, 0.5) is 0 Å². The number of hydrogen-bond donors (Lipinski definition) is 0. The largest absolute Gasteiger partial charge is 0.469 e.